The van der Waals surface area contributed by atoms with Crippen molar-refractivity contribution in [2.45, 2.75) is 49.6 Å². The van der Waals surface area contributed by atoms with Crippen LogP contribution >= 0.6 is 0 Å². The van der Waals surface area contributed by atoms with Gasteiger partial charge in [0.05, 0.1) is 0 Å². The number of aliphatic carboxylic acids is 1. The van der Waals surface area contributed by atoms with Crippen molar-refractivity contribution in [2.24, 2.45) is 0 Å². The second-order valence-electron chi connectivity index (χ2n) is 9.53. The Labute approximate surface area is 204 Å². The third kappa shape index (κ3) is 4.50. The van der Waals surface area contributed by atoms with E-state index in [9.17, 15) is 19.5 Å². The van der Waals surface area contributed by atoms with Crippen molar-refractivity contribution >= 4 is 18.0 Å². The average molecular weight is 479 g/mol. The lowest BCUT2D eigenvalue weighted by atomic mass is 9.77. The van der Waals surface area contributed by atoms with Gasteiger partial charge in [-0.05, 0) is 47.9 Å². The van der Waals surface area contributed by atoms with E-state index in [1.54, 1.807) is 4.90 Å². The number of nitrogens with zero attached hydrogens (tertiary/aromatic N) is 1. The van der Waals surface area contributed by atoms with Gasteiger partial charge in [-0.2, -0.15) is 0 Å². The first-order chi connectivity index (χ1) is 17.0. The largest absolute Gasteiger partial charge is 0.481 e. The van der Waals surface area contributed by atoms with Crippen LogP contribution in [0, 0.1) is 0 Å². The zero-order chi connectivity index (χ0) is 24.4. The molecule has 0 bridgehead atoms. The summed E-state index contributed by atoms with van der Waals surface area (Å²) in [5, 5.41) is 11.8. The fraction of sp³-hybridized carbons (Fsp3) is 0.444. The molecular weight excluding hydrogens is 448 g/mol. The lowest BCUT2D eigenvalue weighted by Crippen LogP contribution is -2.67. The molecule has 0 saturated carbocycles. The molecule has 0 aromatic heterocycles. The third-order valence-electron chi connectivity index (χ3n) is 7.64. The normalized spacial score (nSPS) is 18.8. The summed E-state index contributed by atoms with van der Waals surface area (Å²) in [5.41, 5.74) is 4.22. The Morgan fingerprint density at radius 2 is 1.66 bits per heavy atom. The monoisotopic (exact) mass is 478 g/mol. The highest BCUT2D eigenvalue weighted by Crippen LogP contribution is 2.44. The lowest BCUT2D eigenvalue weighted by molar-refractivity contribution is -0.158. The number of carbonyl (C=O) groups excluding carboxylic acids is 2. The summed E-state index contributed by atoms with van der Waals surface area (Å²) < 4.78 is 11.1. The molecule has 2 fully saturated rings. The number of hydrogen-bond donors (Lipinski definition) is 2. The minimum absolute atomic E-state index is 0.0153. The number of rotatable bonds is 7. The van der Waals surface area contributed by atoms with Gasteiger partial charge in [0.15, 0.2) is 0 Å². The number of fused-ring (bicyclic) bond motifs is 3. The zero-order valence-electron chi connectivity index (χ0n) is 19.6. The Kier molecular flexibility index (Phi) is 6.47. The Morgan fingerprint density at radius 1 is 1.03 bits per heavy atom. The predicted molar refractivity (Wildman–Crippen MR) is 128 cm³/mol. The first-order valence-corrected chi connectivity index (χ1v) is 12.2. The maximum Gasteiger partial charge on any atom is 0.407 e. The summed E-state index contributed by atoms with van der Waals surface area (Å²) in [6.07, 6.45) is 1.51. The van der Waals surface area contributed by atoms with Crippen LogP contribution < -0.4 is 5.32 Å². The smallest absolute Gasteiger partial charge is 0.407 e. The summed E-state index contributed by atoms with van der Waals surface area (Å²) in [4.78, 5) is 39.2. The number of nitrogens with one attached hydrogen (secondary N) is 1. The molecule has 2 saturated heterocycles. The molecule has 1 atom stereocenters. The SMILES string of the molecule is O=C(O)CCC(NC(=O)OCC1c2ccccc2-c2ccccc21)C(=O)N1CCC12CCOCC2. The van der Waals surface area contributed by atoms with E-state index in [0.29, 0.717) is 19.8 Å². The summed E-state index contributed by atoms with van der Waals surface area (Å²) in [6, 6.07) is 15.2. The molecule has 5 rings (SSSR count). The zero-order valence-corrected chi connectivity index (χ0v) is 19.6. The first-order valence-electron chi connectivity index (χ1n) is 12.2. The van der Waals surface area contributed by atoms with E-state index in [4.69, 9.17) is 9.47 Å². The highest BCUT2D eigenvalue weighted by Gasteiger charge is 2.49. The number of amides is 2. The summed E-state index contributed by atoms with van der Waals surface area (Å²) in [7, 11) is 0. The maximum atomic E-state index is 13.4. The average Bonchev–Trinajstić information content (AvgIpc) is 3.18. The van der Waals surface area contributed by atoms with Gasteiger partial charge < -0.3 is 24.8 Å². The molecule has 1 spiro atoms. The van der Waals surface area contributed by atoms with Crippen LogP contribution in [0.25, 0.3) is 11.1 Å². The van der Waals surface area contributed by atoms with Crippen molar-refractivity contribution in [2.75, 3.05) is 26.4 Å². The number of carboxylic acid groups (broad SMARTS) is 1. The van der Waals surface area contributed by atoms with Crippen molar-refractivity contribution in [1.29, 1.82) is 0 Å². The molecule has 3 aliphatic rings. The molecule has 2 heterocycles. The van der Waals surface area contributed by atoms with Crippen molar-refractivity contribution in [1.82, 2.24) is 10.2 Å². The molecule has 184 valence electrons. The van der Waals surface area contributed by atoms with Gasteiger partial charge in [0.2, 0.25) is 5.91 Å². The van der Waals surface area contributed by atoms with Crippen LogP contribution in [0.5, 0.6) is 0 Å². The van der Waals surface area contributed by atoms with Crippen LogP contribution in [0.15, 0.2) is 48.5 Å². The summed E-state index contributed by atoms with van der Waals surface area (Å²) in [5.74, 6) is -1.35. The van der Waals surface area contributed by atoms with Crippen LogP contribution in [0.2, 0.25) is 0 Å². The number of likely N-dealkylation sites (tertiary alicyclic amines) is 1. The molecule has 2 aromatic carbocycles. The number of hydrogen-bond acceptors (Lipinski definition) is 5. The molecular formula is C27H30N2O6. The van der Waals surface area contributed by atoms with Crippen LogP contribution in [-0.2, 0) is 19.1 Å². The van der Waals surface area contributed by atoms with E-state index in [0.717, 1.165) is 41.5 Å². The fourth-order valence-electron chi connectivity index (χ4n) is 5.65. The van der Waals surface area contributed by atoms with Gasteiger partial charge in [-0.3, -0.25) is 9.59 Å². The van der Waals surface area contributed by atoms with Crippen LogP contribution in [0.4, 0.5) is 4.79 Å². The van der Waals surface area contributed by atoms with Gasteiger partial charge in [-0.25, -0.2) is 4.79 Å². The van der Waals surface area contributed by atoms with Gasteiger partial charge in [-0.15, -0.1) is 0 Å². The number of benzene rings is 2. The quantitative estimate of drug-likeness (QED) is 0.631. The molecule has 2 aromatic rings. The van der Waals surface area contributed by atoms with Crippen molar-refractivity contribution in [3.8, 4) is 11.1 Å². The summed E-state index contributed by atoms with van der Waals surface area (Å²) in [6.45, 7) is 1.94. The minimum atomic E-state index is -1.01. The Hall–Kier alpha value is -3.39. The first kappa shape index (κ1) is 23.4. The highest BCUT2D eigenvalue weighted by molar-refractivity contribution is 5.87. The minimum Gasteiger partial charge on any atom is -0.481 e. The maximum absolute atomic E-state index is 13.4. The van der Waals surface area contributed by atoms with Crippen molar-refractivity contribution < 1.29 is 29.0 Å². The second-order valence-corrected chi connectivity index (χ2v) is 9.53. The van der Waals surface area contributed by atoms with Crippen molar-refractivity contribution in [3.63, 3.8) is 0 Å². The van der Waals surface area contributed by atoms with Crippen LogP contribution in [0.1, 0.15) is 49.1 Å². The number of carbonyl (C=O) groups is 3. The molecule has 2 N–H and O–H groups in total. The standard InChI is InChI=1S/C27H30N2O6/c30-24(31)10-9-23(25(32)29-14-11-27(29)12-15-34-16-13-27)28-26(33)35-17-22-20-7-3-1-5-18(20)19-6-2-4-8-21(19)22/h1-8,22-23H,9-17H2,(H,28,33)(H,30,31). The van der Waals surface area contributed by atoms with Crippen molar-refractivity contribution in [3.05, 3.63) is 59.7 Å². The molecule has 0 radical (unpaired) electrons. The van der Waals surface area contributed by atoms with E-state index < -0.39 is 18.1 Å². The number of ether oxygens (including phenoxy) is 2. The molecule has 8 nitrogen and oxygen atoms in total. The third-order valence-corrected chi connectivity index (χ3v) is 7.64. The van der Waals surface area contributed by atoms with Gasteiger partial charge in [-0.1, -0.05) is 48.5 Å². The Bertz CT molecular complexity index is 1080. The number of carboxylic acids is 1. The van der Waals surface area contributed by atoms with E-state index in [1.165, 1.54) is 0 Å². The van der Waals surface area contributed by atoms with E-state index in [1.807, 2.05) is 36.4 Å². The fourth-order valence-corrected chi connectivity index (χ4v) is 5.65. The summed E-state index contributed by atoms with van der Waals surface area (Å²) >= 11 is 0. The van der Waals surface area contributed by atoms with E-state index in [2.05, 4.69) is 17.4 Å². The van der Waals surface area contributed by atoms with Gasteiger partial charge in [0.25, 0.3) is 0 Å². The molecule has 8 heteroatoms. The second kappa shape index (κ2) is 9.70. The molecule has 1 unspecified atom stereocenters. The van der Waals surface area contributed by atoms with Gasteiger partial charge in [0.1, 0.15) is 12.6 Å². The molecule has 2 aliphatic heterocycles. The lowest BCUT2D eigenvalue weighted by Gasteiger charge is -2.55. The Morgan fingerprint density at radius 3 is 2.23 bits per heavy atom. The van der Waals surface area contributed by atoms with Crippen LogP contribution in [0.3, 0.4) is 0 Å². The van der Waals surface area contributed by atoms with Gasteiger partial charge in [0, 0.05) is 37.6 Å². The van der Waals surface area contributed by atoms with Gasteiger partial charge >= 0.3 is 12.1 Å². The topological polar surface area (TPSA) is 105 Å². The predicted octanol–water partition coefficient (Wildman–Crippen LogP) is 3.54. The Balaban J connectivity index is 1.26. The molecule has 35 heavy (non-hydrogen) atoms. The number of alkyl carbamates (subject to hydrolysis) is 1. The van der Waals surface area contributed by atoms with E-state index in [-0.39, 0.29) is 36.8 Å². The molecule has 2 amide bonds. The van der Waals surface area contributed by atoms with E-state index >= 15 is 0 Å². The van der Waals surface area contributed by atoms with Crippen LogP contribution in [-0.4, -0.2) is 65.9 Å². The highest BCUT2D eigenvalue weighted by atomic mass is 16.5. The molecule has 1 aliphatic carbocycles.